The van der Waals surface area contributed by atoms with Gasteiger partial charge in [-0.05, 0) is 53.6 Å². The van der Waals surface area contributed by atoms with Gasteiger partial charge in [0, 0.05) is 32.6 Å². The zero-order valence-electron chi connectivity index (χ0n) is 26.5. The van der Waals surface area contributed by atoms with Crippen LogP contribution in [0.5, 0.6) is 5.75 Å². The lowest BCUT2D eigenvalue weighted by Crippen LogP contribution is -2.52. The van der Waals surface area contributed by atoms with E-state index >= 15 is 0 Å². The van der Waals surface area contributed by atoms with E-state index in [1.807, 2.05) is 27.7 Å². The number of amides is 2. The first kappa shape index (κ1) is 37.1. The molecule has 0 aliphatic heterocycles. The van der Waals surface area contributed by atoms with Crippen molar-refractivity contribution >= 4 is 11.8 Å². The van der Waals surface area contributed by atoms with Crippen LogP contribution in [-0.2, 0) is 32.2 Å². The molecular formula is C33H49F2N3O6. The molecule has 9 nitrogen and oxygen atoms in total. The Kier molecular flexibility index (Phi) is 16.3. The Bertz CT molecular complexity index is 1150. The van der Waals surface area contributed by atoms with Crippen LogP contribution in [0, 0.1) is 29.4 Å². The normalized spacial score (nSPS) is 14.9. The van der Waals surface area contributed by atoms with E-state index in [0.717, 1.165) is 5.56 Å². The van der Waals surface area contributed by atoms with E-state index in [9.17, 15) is 23.5 Å². The second-order valence-electron chi connectivity index (χ2n) is 11.5. The summed E-state index contributed by atoms with van der Waals surface area (Å²) in [5, 5.41) is 16.6. The summed E-state index contributed by atoms with van der Waals surface area (Å²) in [6.07, 6.45) is 0.313. The van der Waals surface area contributed by atoms with Crippen LogP contribution in [0.15, 0.2) is 42.5 Å². The lowest BCUT2D eigenvalue weighted by atomic mass is 9.86. The second-order valence-corrected chi connectivity index (χ2v) is 11.5. The standard InChI is InChI=1S/C33H49F2N3O6/c1-6-22(4)31(33(41)37-18-23-8-11-25(34)12-9-23)38-32(40)26(21(2)3)17-29(39)28(36)20-43-19-24-10-13-27(35)30(16-24)44-15-7-14-42-5/h8-13,16,21-22,26,28-29,31,39H,6-7,14-15,17-20,36H2,1-5H3,(H,37,41)(H,38,40)/t22-,26-,28-,29-,31-/m0/s1. The number of hydrogen-bond donors (Lipinski definition) is 4. The van der Waals surface area contributed by atoms with Crippen LogP contribution in [0.3, 0.4) is 0 Å². The molecule has 0 aromatic heterocycles. The summed E-state index contributed by atoms with van der Waals surface area (Å²) in [6.45, 7) is 8.72. The number of carbonyl (C=O) groups excluding carboxylic acids is 2. The van der Waals surface area contributed by atoms with Gasteiger partial charge in [-0.2, -0.15) is 0 Å². The molecule has 5 atom stereocenters. The monoisotopic (exact) mass is 621 g/mol. The van der Waals surface area contributed by atoms with Crippen molar-refractivity contribution in [2.24, 2.45) is 23.5 Å². The van der Waals surface area contributed by atoms with Crippen molar-refractivity contribution in [1.82, 2.24) is 10.6 Å². The molecule has 0 heterocycles. The Balaban J connectivity index is 1.92. The topological polar surface area (TPSA) is 132 Å². The van der Waals surface area contributed by atoms with E-state index in [4.69, 9.17) is 19.9 Å². The van der Waals surface area contributed by atoms with Gasteiger partial charge in [-0.25, -0.2) is 8.78 Å². The minimum atomic E-state index is -1.05. The van der Waals surface area contributed by atoms with Crippen LogP contribution >= 0.6 is 0 Å². The molecule has 11 heteroatoms. The van der Waals surface area contributed by atoms with E-state index in [2.05, 4.69) is 10.6 Å². The van der Waals surface area contributed by atoms with Crippen LogP contribution in [0.4, 0.5) is 8.78 Å². The Morgan fingerprint density at radius 3 is 2.32 bits per heavy atom. The van der Waals surface area contributed by atoms with E-state index in [-0.39, 0.29) is 61.4 Å². The van der Waals surface area contributed by atoms with Gasteiger partial charge in [0.05, 0.1) is 32.0 Å². The van der Waals surface area contributed by atoms with E-state index in [1.165, 1.54) is 18.2 Å². The largest absolute Gasteiger partial charge is 0.490 e. The molecule has 0 bridgehead atoms. The molecule has 0 saturated heterocycles. The maximum atomic E-state index is 14.1. The minimum absolute atomic E-state index is 0.0102. The number of carbonyl (C=O) groups is 2. The van der Waals surface area contributed by atoms with Crippen molar-refractivity contribution in [3.63, 3.8) is 0 Å². The van der Waals surface area contributed by atoms with Gasteiger partial charge in [-0.15, -0.1) is 0 Å². The summed E-state index contributed by atoms with van der Waals surface area (Å²) in [7, 11) is 1.59. The van der Waals surface area contributed by atoms with Crippen LogP contribution in [0.2, 0.25) is 0 Å². The molecule has 0 saturated carbocycles. The highest BCUT2D eigenvalue weighted by molar-refractivity contribution is 5.88. The first-order valence-electron chi connectivity index (χ1n) is 15.2. The third-order valence-electron chi connectivity index (χ3n) is 7.63. The first-order chi connectivity index (χ1) is 21.0. The highest BCUT2D eigenvalue weighted by Crippen LogP contribution is 2.22. The van der Waals surface area contributed by atoms with Gasteiger partial charge in [-0.1, -0.05) is 52.3 Å². The van der Waals surface area contributed by atoms with Crippen molar-refractivity contribution < 1.29 is 37.7 Å². The number of hydrogen-bond acceptors (Lipinski definition) is 7. The first-order valence-corrected chi connectivity index (χ1v) is 15.2. The fraction of sp³-hybridized carbons (Fsp3) is 0.576. The van der Waals surface area contributed by atoms with Crippen LogP contribution < -0.4 is 21.1 Å². The van der Waals surface area contributed by atoms with Crippen molar-refractivity contribution in [1.29, 1.82) is 0 Å². The molecule has 0 radical (unpaired) electrons. The van der Waals surface area contributed by atoms with E-state index in [1.54, 1.807) is 31.4 Å². The van der Waals surface area contributed by atoms with Crippen molar-refractivity contribution in [2.45, 2.75) is 78.3 Å². The molecular weight excluding hydrogens is 572 g/mol. The summed E-state index contributed by atoms with van der Waals surface area (Å²) in [5.41, 5.74) is 7.63. The van der Waals surface area contributed by atoms with E-state index in [0.29, 0.717) is 31.6 Å². The Morgan fingerprint density at radius 2 is 1.68 bits per heavy atom. The molecule has 0 aliphatic carbocycles. The number of aliphatic hydroxyl groups is 1. The Labute approximate surface area is 259 Å². The smallest absolute Gasteiger partial charge is 0.243 e. The molecule has 246 valence electrons. The molecule has 0 spiro atoms. The highest BCUT2D eigenvalue weighted by atomic mass is 19.1. The number of halogens is 2. The van der Waals surface area contributed by atoms with Crippen molar-refractivity contribution in [3.8, 4) is 5.75 Å². The van der Waals surface area contributed by atoms with Crippen molar-refractivity contribution in [3.05, 3.63) is 65.2 Å². The zero-order valence-corrected chi connectivity index (χ0v) is 26.5. The van der Waals surface area contributed by atoms with Crippen LogP contribution in [0.25, 0.3) is 0 Å². The summed E-state index contributed by atoms with van der Waals surface area (Å²) >= 11 is 0. The van der Waals surface area contributed by atoms with Crippen molar-refractivity contribution in [2.75, 3.05) is 26.9 Å². The third-order valence-corrected chi connectivity index (χ3v) is 7.63. The molecule has 44 heavy (non-hydrogen) atoms. The Morgan fingerprint density at radius 1 is 1.00 bits per heavy atom. The molecule has 2 aromatic rings. The molecule has 5 N–H and O–H groups in total. The number of nitrogens with two attached hydrogens (primary N) is 1. The van der Waals surface area contributed by atoms with Gasteiger partial charge < -0.3 is 35.7 Å². The average Bonchev–Trinajstić information content (AvgIpc) is 3.00. The number of methoxy groups -OCH3 is 1. The van der Waals surface area contributed by atoms with Gasteiger partial charge in [0.1, 0.15) is 11.9 Å². The van der Waals surface area contributed by atoms with Gasteiger partial charge in [0.15, 0.2) is 11.6 Å². The molecule has 2 amide bonds. The average molecular weight is 622 g/mol. The number of ether oxygens (including phenoxy) is 3. The fourth-order valence-electron chi connectivity index (χ4n) is 4.54. The maximum Gasteiger partial charge on any atom is 0.243 e. The molecule has 0 fully saturated rings. The van der Waals surface area contributed by atoms with Gasteiger partial charge >= 0.3 is 0 Å². The van der Waals surface area contributed by atoms with E-state index < -0.39 is 29.9 Å². The molecule has 0 unspecified atom stereocenters. The third kappa shape index (κ3) is 12.5. The Hall–Kier alpha value is -3.12. The quantitative estimate of drug-likeness (QED) is 0.164. The van der Waals surface area contributed by atoms with Crippen LogP contribution in [0.1, 0.15) is 58.1 Å². The summed E-state index contributed by atoms with van der Waals surface area (Å²) < 4.78 is 43.4. The SMILES string of the molecule is CC[C@H](C)[C@H](NC(=O)[C@@H](C[C@H](O)[C@@H](N)COCc1ccc(F)c(OCCCOC)c1)C(C)C)C(=O)NCc1ccc(F)cc1. The summed E-state index contributed by atoms with van der Waals surface area (Å²) in [6, 6.07) is 8.72. The number of rotatable bonds is 20. The second kappa shape index (κ2) is 19.3. The lowest BCUT2D eigenvalue weighted by Gasteiger charge is -2.29. The van der Waals surface area contributed by atoms with Gasteiger partial charge in [-0.3, -0.25) is 9.59 Å². The maximum absolute atomic E-state index is 14.1. The minimum Gasteiger partial charge on any atom is -0.490 e. The highest BCUT2D eigenvalue weighted by Gasteiger charge is 2.32. The fourth-order valence-corrected chi connectivity index (χ4v) is 4.54. The predicted octanol–water partition coefficient (Wildman–Crippen LogP) is 4.09. The molecule has 2 aromatic carbocycles. The van der Waals surface area contributed by atoms with Crippen LogP contribution in [-0.4, -0.2) is 62.0 Å². The molecule has 0 aliphatic rings. The zero-order chi connectivity index (χ0) is 32.6. The summed E-state index contributed by atoms with van der Waals surface area (Å²) in [5.74, 6) is -2.30. The summed E-state index contributed by atoms with van der Waals surface area (Å²) in [4.78, 5) is 26.5. The number of aliphatic hydroxyl groups excluding tert-OH is 1. The predicted molar refractivity (Wildman–Crippen MR) is 165 cm³/mol. The lowest BCUT2D eigenvalue weighted by molar-refractivity contribution is -0.134. The number of benzene rings is 2. The number of nitrogens with one attached hydrogen (secondary N) is 2. The van der Waals surface area contributed by atoms with Gasteiger partial charge in [0.2, 0.25) is 11.8 Å². The molecule has 2 rings (SSSR count). The van der Waals surface area contributed by atoms with Gasteiger partial charge in [0.25, 0.3) is 0 Å².